The van der Waals surface area contributed by atoms with E-state index in [1.165, 1.54) is 0 Å². The smallest absolute Gasteiger partial charge is 0.275 e. The Balaban J connectivity index is 1.94. The molecule has 1 amide bonds. The third kappa shape index (κ3) is 2.40. The van der Waals surface area contributed by atoms with Crippen LogP contribution < -0.4 is 5.32 Å². The molecular weight excluding hydrogens is 240 g/mol. The third-order valence-electron chi connectivity index (χ3n) is 2.64. The summed E-state index contributed by atoms with van der Waals surface area (Å²) in [5.74, 6) is 0.332. The molecule has 1 aliphatic rings. The summed E-state index contributed by atoms with van der Waals surface area (Å²) >= 11 is 0. The van der Waals surface area contributed by atoms with Gasteiger partial charge in [-0.2, -0.15) is 0 Å². The molecule has 0 aromatic carbocycles. The average Bonchev–Trinajstić information content (AvgIpc) is 2.82. The van der Waals surface area contributed by atoms with Gasteiger partial charge in [-0.25, -0.2) is 4.99 Å². The summed E-state index contributed by atoms with van der Waals surface area (Å²) in [5, 5.41) is 2.74. The van der Waals surface area contributed by atoms with Crippen molar-refractivity contribution in [2.75, 3.05) is 0 Å². The van der Waals surface area contributed by atoms with Crippen molar-refractivity contribution in [1.82, 2.24) is 15.3 Å². The number of nitrogens with zero attached hydrogens (tertiary/aromatic N) is 3. The summed E-state index contributed by atoms with van der Waals surface area (Å²) in [6.07, 6.45) is 8.39. The molecule has 0 spiro atoms. The number of aromatic nitrogens is 2. The number of aliphatic imine (C=N–C) groups is 1. The largest absolute Gasteiger partial charge is 0.305 e. The molecule has 19 heavy (non-hydrogen) atoms. The van der Waals surface area contributed by atoms with Gasteiger partial charge >= 0.3 is 0 Å². The second-order valence-electron chi connectivity index (χ2n) is 3.97. The van der Waals surface area contributed by atoms with Gasteiger partial charge in [-0.3, -0.25) is 14.8 Å². The van der Waals surface area contributed by atoms with Crippen LogP contribution in [0.5, 0.6) is 0 Å². The molecule has 1 aliphatic heterocycles. The SMILES string of the molecule is O=C1NC(c2ccncc2)=N/C1=C/c1cccnc1. The third-order valence-corrected chi connectivity index (χ3v) is 2.64. The van der Waals surface area contributed by atoms with E-state index >= 15 is 0 Å². The number of hydrogen-bond acceptors (Lipinski definition) is 4. The van der Waals surface area contributed by atoms with Gasteiger partial charge in [0.15, 0.2) is 0 Å². The number of carbonyl (C=O) groups excluding carboxylic acids is 1. The zero-order valence-electron chi connectivity index (χ0n) is 9.95. The monoisotopic (exact) mass is 250 g/mol. The topological polar surface area (TPSA) is 67.2 Å². The Morgan fingerprint density at radius 2 is 1.89 bits per heavy atom. The molecule has 0 saturated carbocycles. The maximum atomic E-state index is 11.8. The van der Waals surface area contributed by atoms with Gasteiger partial charge in [0.1, 0.15) is 11.5 Å². The molecule has 92 valence electrons. The molecule has 3 heterocycles. The normalized spacial score (nSPS) is 16.3. The first kappa shape index (κ1) is 11.3. The second kappa shape index (κ2) is 4.81. The fourth-order valence-electron chi connectivity index (χ4n) is 1.73. The highest BCUT2D eigenvalue weighted by Gasteiger charge is 2.20. The standard InChI is InChI=1S/C14H10N4O/c19-14-12(8-10-2-1-5-16-9-10)17-13(18-14)11-3-6-15-7-4-11/h1-9H,(H,17,18,19)/b12-8+. The summed E-state index contributed by atoms with van der Waals surface area (Å²) in [4.78, 5) is 24.1. The summed E-state index contributed by atoms with van der Waals surface area (Å²) < 4.78 is 0. The highest BCUT2D eigenvalue weighted by atomic mass is 16.2. The minimum Gasteiger partial charge on any atom is -0.305 e. The zero-order valence-corrected chi connectivity index (χ0v) is 9.95. The van der Waals surface area contributed by atoms with Gasteiger partial charge in [-0.05, 0) is 29.8 Å². The van der Waals surface area contributed by atoms with Crippen LogP contribution in [-0.4, -0.2) is 21.7 Å². The molecule has 2 aromatic rings. The summed E-state index contributed by atoms with van der Waals surface area (Å²) in [5.41, 5.74) is 2.05. The van der Waals surface area contributed by atoms with Crippen molar-refractivity contribution in [1.29, 1.82) is 0 Å². The Kier molecular flexibility index (Phi) is 2.86. The van der Waals surface area contributed by atoms with Crippen molar-refractivity contribution in [3.05, 3.63) is 65.9 Å². The van der Waals surface area contributed by atoms with Crippen LogP contribution in [-0.2, 0) is 4.79 Å². The Morgan fingerprint density at radius 1 is 1.05 bits per heavy atom. The van der Waals surface area contributed by atoms with E-state index in [9.17, 15) is 4.79 Å². The lowest BCUT2D eigenvalue weighted by Crippen LogP contribution is -2.24. The number of carbonyl (C=O) groups is 1. The van der Waals surface area contributed by atoms with Crippen LogP contribution in [0, 0.1) is 0 Å². The van der Waals surface area contributed by atoms with Gasteiger partial charge in [-0.1, -0.05) is 6.07 Å². The highest BCUT2D eigenvalue weighted by molar-refractivity contribution is 6.19. The van der Waals surface area contributed by atoms with Crippen LogP contribution in [0.3, 0.4) is 0 Å². The van der Waals surface area contributed by atoms with E-state index in [1.54, 1.807) is 43.0 Å². The number of pyridine rings is 2. The minimum absolute atomic E-state index is 0.212. The highest BCUT2D eigenvalue weighted by Crippen LogP contribution is 2.13. The van der Waals surface area contributed by atoms with Gasteiger partial charge < -0.3 is 5.32 Å². The average molecular weight is 250 g/mol. The number of amidine groups is 1. The molecule has 5 nitrogen and oxygen atoms in total. The molecule has 1 N–H and O–H groups in total. The van der Waals surface area contributed by atoms with E-state index in [-0.39, 0.29) is 5.91 Å². The first-order valence-electron chi connectivity index (χ1n) is 5.75. The van der Waals surface area contributed by atoms with Gasteiger partial charge in [0.2, 0.25) is 0 Å². The van der Waals surface area contributed by atoms with E-state index in [2.05, 4.69) is 20.3 Å². The van der Waals surface area contributed by atoms with E-state index in [0.717, 1.165) is 11.1 Å². The number of rotatable bonds is 2. The van der Waals surface area contributed by atoms with Crippen LogP contribution in [0.1, 0.15) is 11.1 Å². The lowest BCUT2D eigenvalue weighted by atomic mass is 10.2. The van der Waals surface area contributed by atoms with Gasteiger partial charge in [0.25, 0.3) is 5.91 Å². The van der Waals surface area contributed by atoms with Crippen LogP contribution in [0.15, 0.2) is 59.7 Å². The quantitative estimate of drug-likeness (QED) is 0.819. The second-order valence-corrected chi connectivity index (χ2v) is 3.97. The molecule has 0 aliphatic carbocycles. The number of nitrogens with one attached hydrogen (secondary N) is 1. The Bertz CT molecular complexity index is 662. The number of hydrogen-bond donors (Lipinski definition) is 1. The molecular formula is C14H10N4O. The zero-order chi connectivity index (χ0) is 13.1. The van der Waals surface area contributed by atoms with Crippen molar-refractivity contribution >= 4 is 17.8 Å². The van der Waals surface area contributed by atoms with E-state index in [1.807, 2.05) is 12.1 Å². The lowest BCUT2D eigenvalue weighted by molar-refractivity contribution is -0.115. The van der Waals surface area contributed by atoms with Crippen molar-refractivity contribution < 1.29 is 4.79 Å². The molecule has 0 unspecified atom stereocenters. The van der Waals surface area contributed by atoms with Crippen molar-refractivity contribution in [3.8, 4) is 0 Å². The van der Waals surface area contributed by atoms with Crippen LogP contribution in [0.25, 0.3) is 6.08 Å². The molecule has 0 saturated heterocycles. The predicted octanol–water partition coefficient (Wildman–Crippen LogP) is 1.39. The Morgan fingerprint density at radius 3 is 2.63 bits per heavy atom. The first-order valence-corrected chi connectivity index (χ1v) is 5.75. The maximum absolute atomic E-state index is 11.8. The summed E-state index contributed by atoms with van der Waals surface area (Å²) in [7, 11) is 0. The Labute approximate surface area is 109 Å². The summed E-state index contributed by atoms with van der Waals surface area (Å²) in [6.45, 7) is 0. The van der Waals surface area contributed by atoms with E-state index in [4.69, 9.17) is 0 Å². The van der Waals surface area contributed by atoms with Gasteiger partial charge in [0, 0.05) is 30.4 Å². The summed E-state index contributed by atoms with van der Waals surface area (Å²) in [6, 6.07) is 7.28. The van der Waals surface area contributed by atoms with E-state index < -0.39 is 0 Å². The fourth-order valence-corrected chi connectivity index (χ4v) is 1.73. The molecule has 3 rings (SSSR count). The van der Waals surface area contributed by atoms with Crippen LogP contribution >= 0.6 is 0 Å². The van der Waals surface area contributed by atoms with Gasteiger partial charge in [-0.15, -0.1) is 0 Å². The number of amides is 1. The fraction of sp³-hybridized carbons (Fsp3) is 0. The molecule has 0 fully saturated rings. The maximum Gasteiger partial charge on any atom is 0.275 e. The van der Waals surface area contributed by atoms with E-state index in [0.29, 0.717) is 11.5 Å². The lowest BCUT2D eigenvalue weighted by Gasteiger charge is -1.97. The molecule has 2 aromatic heterocycles. The van der Waals surface area contributed by atoms with Crippen LogP contribution in [0.4, 0.5) is 0 Å². The Hall–Kier alpha value is -2.82. The van der Waals surface area contributed by atoms with Crippen molar-refractivity contribution in [2.24, 2.45) is 4.99 Å². The molecule has 0 atom stereocenters. The van der Waals surface area contributed by atoms with Crippen LogP contribution in [0.2, 0.25) is 0 Å². The first-order chi connectivity index (χ1) is 9.33. The minimum atomic E-state index is -0.212. The molecule has 5 heteroatoms. The molecule has 0 bridgehead atoms. The van der Waals surface area contributed by atoms with Crippen molar-refractivity contribution in [2.45, 2.75) is 0 Å². The molecule has 0 radical (unpaired) electrons. The van der Waals surface area contributed by atoms with Gasteiger partial charge in [0.05, 0.1) is 0 Å². The van der Waals surface area contributed by atoms with Crippen molar-refractivity contribution in [3.63, 3.8) is 0 Å². The predicted molar refractivity (Wildman–Crippen MR) is 71.1 cm³/mol.